The Morgan fingerprint density at radius 1 is 0.950 bits per heavy atom. The fourth-order valence-electron chi connectivity index (χ4n) is 2.28. The van der Waals surface area contributed by atoms with Crippen LogP contribution in [0.5, 0.6) is 0 Å². The molecular weight excluding hydrogens is 244 g/mol. The van der Waals surface area contributed by atoms with Crippen molar-refractivity contribution in [2.75, 3.05) is 0 Å². The number of hydrogen-bond donors (Lipinski definition) is 0. The van der Waals surface area contributed by atoms with Gasteiger partial charge in [0, 0.05) is 6.54 Å². The molecule has 0 saturated carbocycles. The molecule has 0 atom stereocenters. The van der Waals surface area contributed by atoms with E-state index in [4.69, 9.17) is 0 Å². The summed E-state index contributed by atoms with van der Waals surface area (Å²) in [5.41, 5.74) is 3.33. The van der Waals surface area contributed by atoms with Gasteiger partial charge in [-0.2, -0.15) is 0 Å². The molecule has 1 heterocycles. The lowest BCUT2D eigenvalue weighted by Gasteiger charge is -2.02. The van der Waals surface area contributed by atoms with Crippen LogP contribution in [0.4, 0.5) is 0 Å². The second-order valence-corrected chi connectivity index (χ2v) is 4.60. The van der Waals surface area contributed by atoms with Crippen molar-refractivity contribution in [1.82, 2.24) is 9.55 Å². The molecule has 0 saturated heterocycles. The first-order chi connectivity index (χ1) is 9.88. The van der Waals surface area contributed by atoms with Crippen molar-refractivity contribution in [3.8, 4) is 0 Å². The molecule has 0 aliphatic heterocycles. The highest BCUT2D eigenvalue weighted by Gasteiger charge is 2.06. The van der Waals surface area contributed by atoms with Gasteiger partial charge < -0.3 is 4.57 Å². The monoisotopic (exact) mass is 260 g/mol. The molecule has 2 nitrogen and oxygen atoms in total. The number of allylic oxidation sites excluding steroid dienone is 1. The standard InChI is InChI=1S/C18H16N2/c1-2-14-20-17-11-7-6-10-16(17)19-18(20)13-12-15-8-4-3-5-9-15/h2-13H,1,14H2/b13-12+. The predicted octanol–water partition coefficient (Wildman–Crippen LogP) is 4.39. The fourth-order valence-corrected chi connectivity index (χ4v) is 2.28. The minimum absolute atomic E-state index is 0.759. The Bertz CT molecular complexity index is 751. The van der Waals surface area contributed by atoms with E-state index < -0.39 is 0 Å². The SMILES string of the molecule is C=CCn1c(/C=C/c2ccccc2)nc2ccccc21. The Morgan fingerprint density at radius 3 is 2.50 bits per heavy atom. The zero-order valence-electron chi connectivity index (χ0n) is 11.2. The molecule has 0 amide bonds. The zero-order valence-corrected chi connectivity index (χ0v) is 11.2. The highest BCUT2D eigenvalue weighted by atomic mass is 15.1. The van der Waals surface area contributed by atoms with Crippen LogP contribution < -0.4 is 0 Å². The Kier molecular flexibility index (Phi) is 3.46. The van der Waals surface area contributed by atoms with Gasteiger partial charge in [0.25, 0.3) is 0 Å². The molecule has 0 aliphatic rings. The first-order valence-corrected chi connectivity index (χ1v) is 6.68. The summed E-state index contributed by atoms with van der Waals surface area (Å²) in [6.45, 7) is 4.59. The number of rotatable bonds is 4. The summed E-state index contributed by atoms with van der Waals surface area (Å²) in [5.74, 6) is 0.954. The largest absolute Gasteiger partial charge is 0.321 e. The molecule has 2 heteroatoms. The number of nitrogens with zero attached hydrogens (tertiary/aromatic N) is 2. The minimum Gasteiger partial charge on any atom is -0.321 e. The average Bonchev–Trinajstić information content (AvgIpc) is 2.85. The van der Waals surface area contributed by atoms with E-state index in [1.807, 2.05) is 42.5 Å². The summed E-state index contributed by atoms with van der Waals surface area (Å²) < 4.78 is 2.17. The summed E-state index contributed by atoms with van der Waals surface area (Å²) in [6.07, 6.45) is 6.04. The van der Waals surface area contributed by atoms with E-state index in [0.29, 0.717) is 0 Å². The fraction of sp³-hybridized carbons (Fsp3) is 0.0556. The smallest absolute Gasteiger partial charge is 0.134 e. The van der Waals surface area contributed by atoms with Crippen molar-refractivity contribution in [3.63, 3.8) is 0 Å². The number of imidazole rings is 1. The predicted molar refractivity (Wildman–Crippen MR) is 85.3 cm³/mol. The van der Waals surface area contributed by atoms with Gasteiger partial charge in [-0.05, 0) is 23.8 Å². The van der Waals surface area contributed by atoms with Gasteiger partial charge in [0.1, 0.15) is 5.82 Å². The highest BCUT2D eigenvalue weighted by molar-refractivity contribution is 5.79. The first-order valence-electron chi connectivity index (χ1n) is 6.68. The molecule has 0 aliphatic carbocycles. The second kappa shape index (κ2) is 5.57. The van der Waals surface area contributed by atoms with Crippen LogP contribution >= 0.6 is 0 Å². The van der Waals surface area contributed by atoms with Crippen molar-refractivity contribution in [3.05, 3.63) is 78.6 Å². The topological polar surface area (TPSA) is 17.8 Å². The van der Waals surface area contributed by atoms with Gasteiger partial charge in [-0.15, -0.1) is 6.58 Å². The molecule has 0 fully saturated rings. The van der Waals surface area contributed by atoms with Crippen molar-refractivity contribution in [2.24, 2.45) is 0 Å². The number of hydrogen-bond acceptors (Lipinski definition) is 1. The van der Waals surface area contributed by atoms with E-state index in [-0.39, 0.29) is 0 Å². The normalized spacial score (nSPS) is 11.2. The minimum atomic E-state index is 0.759. The van der Waals surface area contributed by atoms with Crippen LogP contribution in [0.3, 0.4) is 0 Å². The van der Waals surface area contributed by atoms with Gasteiger partial charge in [-0.3, -0.25) is 0 Å². The maximum Gasteiger partial charge on any atom is 0.134 e. The van der Waals surface area contributed by atoms with E-state index in [1.165, 1.54) is 5.56 Å². The van der Waals surface area contributed by atoms with Crippen LogP contribution in [0.2, 0.25) is 0 Å². The Morgan fingerprint density at radius 2 is 1.70 bits per heavy atom. The molecule has 0 bridgehead atoms. The Labute approximate surface area is 118 Å². The van der Waals surface area contributed by atoms with Crippen LogP contribution in [-0.4, -0.2) is 9.55 Å². The van der Waals surface area contributed by atoms with Crippen LogP contribution in [0.15, 0.2) is 67.3 Å². The van der Waals surface area contributed by atoms with Gasteiger partial charge in [0.15, 0.2) is 0 Å². The molecule has 0 radical (unpaired) electrons. The molecule has 0 spiro atoms. The number of aromatic nitrogens is 2. The zero-order chi connectivity index (χ0) is 13.8. The summed E-state index contributed by atoms with van der Waals surface area (Å²) in [4.78, 5) is 4.67. The van der Waals surface area contributed by atoms with E-state index >= 15 is 0 Å². The first kappa shape index (κ1) is 12.4. The third kappa shape index (κ3) is 2.41. The average molecular weight is 260 g/mol. The van der Waals surface area contributed by atoms with Crippen molar-refractivity contribution >= 4 is 23.2 Å². The number of benzene rings is 2. The lowest BCUT2D eigenvalue weighted by Crippen LogP contribution is -1.97. The van der Waals surface area contributed by atoms with E-state index in [9.17, 15) is 0 Å². The highest BCUT2D eigenvalue weighted by Crippen LogP contribution is 2.18. The van der Waals surface area contributed by atoms with E-state index in [1.54, 1.807) is 0 Å². The second-order valence-electron chi connectivity index (χ2n) is 4.60. The van der Waals surface area contributed by atoms with E-state index in [2.05, 4.69) is 46.5 Å². The third-order valence-corrected chi connectivity index (χ3v) is 3.22. The molecule has 3 rings (SSSR count). The maximum atomic E-state index is 4.67. The van der Waals surface area contributed by atoms with Gasteiger partial charge >= 0.3 is 0 Å². The summed E-state index contributed by atoms with van der Waals surface area (Å²) in [7, 11) is 0. The molecule has 20 heavy (non-hydrogen) atoms. The summed E-state index contributed by atoms with van der Waals surface area (Å²) in [5, 5.41) is 0. The van der Waals surface area contributed by atoms with Crippen molar-refractivity contribution < 1.29 is 0 Å². The molecular formula is C18H16N2. The van der Waals surface area contributed by atoms with Gasteiger partial charge in [-0.25, -0.2) is 4.98 Å². The Balaban J connectivity index is 2.04. The maximum absolute atomic E-state index is 4.67. The molecule has 98 valence electrons. The van der Waals surface area contributed by atoms with Crippen molar-refractivity contribution in [1.29, 1.82) is 0 Å². The third-order valence-electron chi connectivity index (χ3n) is 3.22. The summed E-state index contributed by atoms with van der Waals surface area (Å²) >= 11 is 0. The van der Waals surface area contributed by atoms with Crippen LogP contribution in [0.1, 0.15) is 11.4 Å². The van der Waals surface area contributed by atoms with Crippen LogP contribution in [0.25, 0.3) is 23.2 Å². The molecule has 1 aromatic heterocycles. The van der Waals surface area contributed by atoms with Crippen molar-refractivity contribution in [2.45, 2.75) is 6.54 Å². The Hall–Kier alpha value is -2.61. The molecule has 2 aromatic carbocycles. The van der Waals surface area contributed by atoms with E-state index in [0.717, 1.165) is 23.4 Å². The van der Waals surface area contributed by atoms with Crippen LogP contribution in [0, 0.1) is 0 Å². The number of fused-ring (bicyclic) bond motifs is 1. The molecule has 3 aromatic rings. The van der Waals surface area contributed by atoms with Gasteiger partial charge in [0.05, 0.1) is 11.0 Å². The van der Waals surface area contributed by atoms with Gasteiger partial charge in [0.2, 0.25) is 0 Å². The van der Waals surface area contributed by atoms with Crippen LogP contribution in [-0.2, 0) is 6.54 Å². The quantitative estimate of drug-likeness (QED) is 0.636. The molecule has 0 unspecified atom stereocenters. The van der Waals surface area contributed by atoms with Gasteiger partial charge in [-0.1, -0.05) is 54.6 Å². The lowest BCUT2D eigenvalue weighted by atomic mass is 10.2. The number of para-hydroxylation sites is 2. The summed E-state index contributed by atoms with van der Waals surface area (Å²) in [6, 6.07) is 18.4. The lowest BCUT2D eigenvalue weighted by molar-refractivity contribution is 0.839. The molecule has 0 N–H and O–H groups in total.